The maximum Gasteiger partial charge on any atom is 0.341 e. The second-order valence-electron chi connectivity index (χ2n) is 4.54. The van der Waals surface area contributed by atoms with Gasteiger partial charge in [0.2, 0.25) is 0 Å². The normalized spacial score (nSPS) is 10.4. The Morgan fingerprint density at radius 3 is 2.23 bits per heavy atom. The summed E-state index contributed by atoms with van der Waals surface area (Å²) >= 11 is 0. The van der Waals surface area contributed by atoms with Crippen molar-refractivity contribution in [3.8, 4) is 11.3 Å². The van der Waals surface area contributed by atoms with Crippen molar-refractivity contribution < 1.29 is 24.2 Å². The van der Waals surface area contributed by atoms with E-state index in [-0.39, 0.29) is 13.0 Å². The van der Waals surface area contributed by atoms with E-state index < -0.39 is 28.9 Å². The maximum atomic E-state index is 13.0. The topological polar surface area (TPSA) is 96.6 Å². The predicted octanol–water partition coefficient (Wildman–Crippen LogP) is 1.83. The molecule has 0 saturated heterocycles. The Bertz CT molecular complexity index is 780. The van der Waals surface area contributed by atoms with E-state index >= 15 is 0 Å². The molecule has 1 heterocycles. The summed E-state index contributed by atoms with van der Waals surface area (Å²) < 4.78 is 14.1. The van der Waals surface area contributed by atoms with E-state index in [1.807, 2.05) is 0 Å². The van der Waals surface area contributed by atoms with E-state index in [2.05, 4.69) is 0 Å². The Labute approximate surface area is 124 Å². The van der Waals surface area contributed by atoms with Crippen molar-refractivity contribution in [1.82, 2.24) is 4.57 Å². The molecule has 0 aliphatic carbocycles. The van der Waals surface area contributed by atoms with Gasteiger partial charge in [0.05, 0.1) is 12.1 Å². The molecule has 0 atom stereocenters. The van der Waals surface area contributed by atoms with E-state index in [1.165, 1.54) is 30.3 Å². The fourth-order valence-electron chi connectivity index (χ4n) is 2.04. The average molecular weight is 305 g/mol. The third-order valence-corrected chi connectivity index (χ3v) is 3.09. The van der Waals surface area contributed by atoms with Crippen molar-refractivity contribution in [1.29, 1.82) is 0 Å². The van der Waals surface area contributed by atoms with Crippen LogP contribution in [0.15, 0.2) is 41.2 Å². The molecule has 0 aliphatic heterocycles. The van der Waals surface area contributed by atoms with E-state index in [1.54, 1.807) is 0 Å². The van der Waals surface area contributed by atoms with E-state index in [0.717, 1.165) is 10.6 Å². The summed E-state index contributed by atoms with van der Waals surface area (Å²) in [7, 11) is 0. The fraction of sp³-hybridized carbons (Fsp3) is 0.133. The van der Waals surface area contributed by atoms with Gasteiger partial charge in [-0.25, -0.2) is 9.18 Å². The molecule has 114 valence electrons. The Hall–Kier alpha value is -2.96. The highest BCUT2D eigenvalue weighted by molar-refractivity contribution is 5.87. The molecule has 2 aromatic rings. The van der Waals surface area contributed by atoms with Crippen LogP contribution in [0.25, 0.3) is 11.3 Å². The molecule has 0 radical (unpaired) electrons. The molecule has 0 fully saturated rings. The van der Waals surface area contributed by atoms with Crippen molar-refractivity contribution in [3.63, 3.8) is 0 Å². The molecule has 22 heavy (non-hydrogen) atoms. The molecule has 7 heteroatoms. The summed E-state index contributed by atoms with van der Waals surface area (Å²) in [6, 6.07) is 7.82. The third kappa shape index (κ3) is 3.20. The number of pyridine rings is 1. The van der Waals surface area contributed by atoms with Gasteiger partial charge >= 0.3 is 11.9 Å². The van der Waals surface area contributed by atoms with Crippen LogP contribution in [0, 0.1) is 5.82 Å². The van der Waals surface area contributed by atoms with Crippen LogP contribution in [0.3, 0.4) is 0 Å². The zero-order valence-electron chi connectivity index (χ0n) is 11.3. The van der Waals surface area contributed by atoms with E-state index in [9.17, 15) is 18.8 Å². The summed E-state index contributed by atoms with van der Waals surface area (Å²) in [5.74, 6) is -2.96. The van der Waals surface area contributed by atoms with Crippen LogP contribution in [0.5, 0.6) is 0 Å². The molecule has 1 aromatic heterocycles. The van der Waals surface area contributed by atoms with Gasteiger partial charge in [-0.2, -0.15) is 0 Å². The molecule has 0 aliphatic rings. The number of carboxylic acid groups (broad SMARTS) is 2. The second kappa shape index (κ2) is 6.21. The predicted molar refractivity (Wildman–Crippen MR) is 75.3 cm³/mol. The molecule has 2 rings (SSSR count). The first-order chi connectivity index (χ1) is 10.4. The van der Waals surface area contributed by atoms with E-state index in [0.29, 0.717) is 11.3 Å². The standard InChI is InChI=1S/C15H12FNO5/c16-10-3-1-9(2-4-10)12-6-5-11(15(21)22)14(20)17(12)8-7-13(18)19/h1-6H,7-8H2,(H,18,19)(H,21,22). The number of halogens is 1. The number of benzene rings is 1. The highest BCUT2D eigenvalue weighted by Crippen LogP contribution is 2.19. The number of nitrogens with zero attached hydrogens (tertiary/aromatic N) is 1. The first-order valence-electron chi connectivity index (χ1n) is 6.35. The van der Waals surface area contributed by atoms with Gasteiger partial charge in [0.15, 0.2) is 0 Å². The summed E-state index contributed by atoms with van der Waals surface area (Å²) in [4.78, 5) is 33.9. The van der Waals surface area contributed by atoms with Crippen molar-refractivity contribution in [3.05, 3.63) is 58.1 Å². The van der Waals surface area contributed by atoms with Gasteiger partial charge in [-0.05, 0) is 42.0 Å². The lowest BCUT2D eigenvalue weighted by Gasteiger charge is -2.13. The number of carbonyl (C=O) groups is 2. The van der Waals surface area contributed by atoms with Gasteiger partial charge in [-0.1, -0.05) is 0 Å². The molecule has 1 aromatic carbocycles. The minimum absolute atomic E-state index is 0.179. The van der Waals surface area contributed by atoms with Gasteiger partial charge in [-0.3, -0.25) is 9.59 Å². The zero-order valence-corrected chi connectivity index (χ0v) is 11.3. The molecule has 0 bridgehead atoms. The monoisotopic (exact) mass is 305 g/mol. The van der Waals surface area contributed by atoms with Crippen LogP contribution in [0.1, 0.15) is 16.8 Å². The maximum absolute atomic E-state index is 13.0. The Morgan fingerprint density at radius 1 is 1.05 bits per heavy atom. The van der Waals surface area contributed by atoms with Crippen molar-refractivity contribution >= 4 is 11.9 Å². The lowest BCUT2D eigenvalue weighted by atomic mass is 10.1. The minimum atomic E-state index is -1.39. The molecule has 0 spiro atoms. The number of aliphatic carboxylic acids is 1. The van der Waals surface area contributed by atoms with Crippen LogP contribution in [0.4, 0.5) is 4.39 Å². The lowest BCUT2D eigenvalue weighted by Crippen LogP contribution is -2.28. The second-order valence-corrected chi connectivity index (χ2v) is 4.54. The molecular weight excluding hydrogens is 293 g/mol. The van der Waals surface area contributed by atoms with Gasteiger partial charge in [0, 0.05) is 6.54 Å². The van der Waals surface area contributed by atoms with Crippen molar-refractivity contribution in [2.75, 3.05) is 0 Å². The highest BCUT2D eigenvalue weighted by atomic mass is 19.1. The lowest BCUT2D eigenvalue weighted by molar-refractivity contribution is -0.137. The summed E-state index contributed by atoms with van der Waals surface area (Å²) in [5, 5.41) is 17.7. The van der Waals surface area contributed by atoms with Gasteiger partial charge in [-0.15, -0.1) is 0 Å². The number of aromatic nitrogens is 1. The summed E-state index contributed by atoms with van der Waals surface area (Å²) in [6.07, 6.45) is -0.336. The third-order valence-electron chi connectivity index (χ3n) is 3.09. The first-order valence-corrected chi connectivity index (χ1v) is 6.35. The molecule has 0 saturated carbocycles. The van der Waals surface area contributed by atoms with Crippen LogP contribution < -0.4 is 5.56 Å². The average Bonchev–Trinajstić information content (AvgIpc) is 2.46. The number of hydrogen-bond acceptors (Lipinski definition) is 3. The Morgan fingerprint density at radius 2 is 1.68 bits per heavy atom. The summed E-state index contributed by atoms with van der Waals surface area (Å²) in [5.41, 5.74) is -0.427. The SMILES string of the molecule is O=C(O)CCn1c(-c2ccc(F)cc2)ccc(C(=O)O)c1=O. The van der Waals surface area contributed by atoms with Crippen LogP contribution in [0.2, 0.25) is 0 Å². The van der Waals surface area contributed by atoms with Crippen LogP contribution in [-0.2, 0) is 11.3 Å². The highest BCUT2D eigenvalue weighted by Gasteiger charge is 2.15. The van der Waals surface area contributed by atoms with Crippen molar-refractivity contribution in [2.24, 2.45) is 0 Å². The largest absolute Gasteiger partial charge is 0.481 e. The van der Waals surface area contributed by atoms with Crippen molar-refractivity contribution in [2.45, 2.75) is 13.0 Å². The van der Waals surface area contributed by atoms with Gasteiger partial charge < -0.3 is 14.8 Å². The minimum Gasteiger partial charge on any atom is -0.481 e. The number of carboxylic acids is 2. The Kier molecular flexibility index (Phi) is 4.36. The quantitative estimate of drug-likeness (QED) is 0.878. The summed E-state index contributed by atoms with van der Waals surface area (Å²) in [6.45, 7) is -0.179. The number of rotatable bonds is 5. The molecule has 0 amide bonds. The Balaban J connectivity index is 2.59. The first kappa shape index (κ1) is 15.4. The number of hydrogen-bond donors (Lipinski definition) is 2. The smallest absolute Gasteiger partial charge is 0.341 e. The zero-order chi connectivity index (χ0) is 16.3. The van der Waals surface area contributed by atoms with Gasteiger partial charge in [0.25, 0.3) is 5.56 Å². The number of aromatic carboxylic acids is 1. The molecule has 6 nitrogen and oxygen atoms in total. The van der Waals surface area contributed by atoms with Crippen LogP contribution in [-0.4, -0.2) is 26.7 Å². The molecule has 0 unspecified atom stereocenters. The van der Waals surface area contributed by atoms with Gasteiger partial charge in [0.1, 0.15) is 11.4 Å². The molecule has 2 N–H and O–H groups in total. The molecular formula is C15H12FNO5. The van der Waals surface area contributed by atoms with E-state index in [4.69, 9.17) is 10.2 Å². The fourth-order valence-corrected chi connectivity index (χ4v) is 2.04. The van der Waals surface area contributed by atoms with Crippen LogP contribution >= 0.6 is 0 Å².